The molecule has 0 aliphatic carbocycles. The molecule has 19 heavy (non-hydrogen) atoms. The molecular formula is C10H16N4O5. The molecule has 1 rings (SSSR count). The summed E-state index contributed by atoms with van der Waals surface area (Å²) >= 11 is 0. The Labute approximate surface area is 110 Å². The Morgan fingerprint density at radius 1 is 1.53 bits per heavy atom. The fraction of sp³-hybridized carbons (Fsp3) is 0.600. The molecule has 9 heteroatoms. The average Bonchev–Trinajstić information content (AvgIpc) is 2.59. The van der Waals surface area contributed by atoms with Crippen molar-refractivity contribution < 1.29 is 24.4 Å². The highest BCUT2D eigenvalue weighted by molar-refractivity contribution is 6.33. The lowest BCUT2D eigenvalue weighted by Gasteiger charge is -2.32. The molecule has 0 spiro atoms. The van der Waals surface area contributed by atoms with Crippen molar-refractivity contribution in [1.29, 1.82) is 0 Å². The zero-order chi connectivity index (χ0) is 14.8. The van der Waals surface area contributed by atoms with Crippen molar-refractivity contribution in [3.63, 3.8) is 0 Å². The lowest BCUT2D eigenvalue weighted by molar-refractivity contribution is -0.150. The Kier molecular flexibility index (Phi) is 4.10. The smallest absolute Gasteiger partial charge is 0.435 e. The van der Waals surface area contributed by atoms with Gasteiger partial charge >= 0.3 is 6.09 Å². The van der Waals surface area contributed by atoms with Gasteiger partial charge in [-0.2, -0.15) is 10.2 Å². The molecule has 0 saturated heterocycles. The summed E-state index contributed by atoms with van der Waals surface area (Å²) in [5.74, 6) is -0.642. The van der Waals surface area contributed by atoms with Crippen LogP contribution in [0.2, 0.25) is 0 Å². The zero-order valence-corrected chi connectivity index (χ0v) is 11.4. The summed E-state index contributed by atoms with van der Waals surface area (Å²) in [5, 5.41) is 18.7. The Balaban J connectivity index is 3.44. The minimum Gasteiger partial charge on any atom is -0.451 e. The number of methoxy groups -OCH3 is 1. The van der Waals surface area contributed by atoms with Crippen molar-refractivity contribution >= 4 is 23.4 Å². The normalized spacial score (nSPS) is 23.3. The maximum atomic E-state index is 12.3. The molecule has 2 amide bonds. The van der Waals surface area contributed by atoms with Crippen molar-refractivity contribution in [1.82, 2.24) is 10.1 Å². The minimum atomic E-state index is -1.85. The number of hydrogen-bond acceptors (Lipinski definition) is 7. The number of carbonyl (C=O) groups excluding carboxylic acids is 2. The molecule has 0 aromatic rings. The number of ether oxygens (including phenoxy) is 1. The van der Waals surface area contributed by atoms with E-state index in [2.05, 4.69) is 19.8 Å². The standard InChI is InChI=1S/C10H16N4O5/c1-6-10(7(2)12-19-5,8(15)13(3)11-6)14(17)9(16)18-4/h17H,1-5H3/b12-7+/t10-/m0/s1. The van der Waals surface area contributed by atoms with Gasteiger partial charge in [-0.3, -0.25) is 10.0 Å². The van der Waals surface area contributed by atoms with Crippen LogP contribution in [0.25, 0.3) is 0 Å². The maximum Gasteiger partial charge on any atom is 0.435 e. The summed E-state index contributed by atoms with van der Waals surface area (Å²) < 4.78 is 4.43. The third-order valence-corrected chi connectivity index (χ3v) is 2.84. The second-order valence-electron chi connectivity index (χ2n) is 3.87. The number of hydroxylamine groups is 2. The van der Waals surface area contributed by atoms with Gasteiger partial charge in [-0.15, -0.1) is 0 Å². The molecule has 1 N–H and O–H groups in total. The Morgan fingerprint density at radius 2 is 2.11 bits per heavy atom. The number of rotatable bonds is 3. The quantitative estimate of drug-likeness (QED) is 0.444. The molecule has 1 aliphatic heterocycles. The molecule has 0 bridgehead atoms. The van der Waals surface area contributed by atoms with E-state index >= 15 is 0 Å². The van der Waals surface area contributed by atoms with E-state index < -0.39 is 17.5 Å². The lowest BCUT2D eigenvalue weighted by atomic mass is 9.88. The summed E-state index contributed by atoms with van der Waals surface area (Å²) in [6.45, 7) is 2.92. The fourth-order valence-corrected chi connectivity index (χ4v) is 1.97. The van der Waals surface area contributed by atoms with E-state index in [-0.39, 0.29) is 16.5 Å². The molecule has 106 valence electrons. The van der Waals surface area contributed by atoms with Crippen LogP contribution in [0.15, 0.2) is 10.3 Å². The van der Waals surface area contributed by atoms with Crippen LogP contribution >= 0.6 is 0 Å². The summed E-state index contributed by atoms with van der Waals surface area (Å²) in [7, 11) is 3.77. The van der Waals surface area contributed by atoms with Crippen LogP contribution in [0, 0.1) is 0 Å². The van der Waals surface area contributed by atoms with Crippen molar-refractivity contribution in [2.45, 2.75) is 19.4 Å². The third-order valence-electron chi connectivity index (χ3n) is 2.84. The average molecular weight is 272 g/mol. The van der Waals surface area contributed by atoms with Crippen molar-refractivity contribution in [3.05, 3.63) is 0 Å². The van der Waals surface area contributed by atoms with Crippen LogP contribution in [0.4, 0.5) is 4.79 Å². The highest BCUT2D eigenvalue weighted by Crippen LogP contribution is 2.28. The molecule has 0 saturated carbocycles. The summed E-state index contributed by atoms with van der Waals surface area (Å²) in [6, 6.07) is 0. The van der Waals surface area contributed by atoms with E-state index in [0.717, 1.165) is 12.1 Å². The van der Waals surface area contributed by atoms with E-state index in [1.807, 2.05) is 0 Å². The first-order valence-electron chi connectivity index (χ1n) is 5.33. The summed E-state index contributed by atoms with van der Waals surface area (Å²) in [4.78, 5) is 28.4. The van der Waals surface area contributed by atoms with E-state index in [4.69, 9.17) is 0 Å². The number of likely N-dealkylation sites (N-methyl/N-ethyl adjacent to an activating group) is 1. The van der Waals surface area contributed by atoms with Gasteiger partial charge < -0.3 is 9.57 Å². The van der Waals surface area contributed by atoms with Crippen molar-refractivity contribution in [2.75, 3.05) is 21.3 Å². The third kappa shape index (κ3) is 2.01. The lowest BCUT2D eigenvalue weighted by Crippen LogP contribution is -2.64. The van der Waals surface area contributed by atoms with Crippen molar-refractivity contribution in [2.24, 2.45) is 10.3 Å². The van der Waals surface area contributed by atoms with Gasteiger partial charge in [0.25, 0.3) is 5.91 Å². The SMILES string of the molecule is CO/N=C(\C)[C@]1(N(O)C(=O)OC)C(=O)N(C)N=C1C. The van der Waals surface area contributed by atoms with E-state index in [0.29, 0.717) is 0 Å². The number of amides is 2. The highest BCUT2D eigenvalue weighted by atomic mass is 16.6. The monoisotopic (exact) mass is 272 g/mol. The first-order chi connectivity index (χ1) is 8.83. The number of carbonyl (C=O) groups is 2. The second kappa shape index (κ2) is 5.22. The molecule has 0 radical (unpaired) electrons. The number of nitrogens with zero attached hydrogens (tertiary/aromatic N) is 4. The predicted octanol–water partition coefficient (Wildman–Crippen LogP) is 0.0530. The van der Waals surface area contributed by atoms with Crippen LogP contribution in [0.1, 0.15) is 13.8 Å². The first-order valence-corrected chi connectivity index (χ1v) is 5.33. The van der Waals surface area contributed by atoms with Gasteiger partial charge in [0.05, 0.1) is 18.5 Å². The minimum absolute atomic E-state index is 0.0542. The number of hydrogen-bond donors (Lipinski definition) is 1. The number of hydrazone groups is 1. The highest BCUT2D eigenvalue weighted by Gasteiger charge is 2.58. The largest absolute Gasteiger partial charge is 0.451 e. The molecular weight excluding hydrogens is 256 g/mol. The van der Waals surface area contributed by atoms with Crippen LogP contribution in [0.5, 0.6) is 0 Å². The maximum absolute atomic E-state index is 12.3. The molecule has 1 aliphatic rings. The van der Waals surface area contributed by atoms with Gasteiger partial charge in [0, 0.05) is 7.05 Å². The van der Waals surface area contributed by atoms with Crippen LogP contribution in [0.3, 0.4) is 0 Å². The van der Waals surface area contributed by atoms with Gasteiger partial charge in [-0.25, -0.2) is 9.80 Å². The van der Waals surface area contributed by atoms with Crippen molar-refractivity contribution in [3.8, 4) is 0 Å². The predicted molar refractivity (Wildman–Crippen MR) is 64.8 cm³/mol. The molecule has 0 unspecified atom stereocenters. The van der Waals surface area contributed by atoms with Gasteiger partial charge in [0.2, 0.25) is 5.54 Å². The Hall–Kier alpha value is -2.16. The molecule has 0 aromatic heterocycles. The second-order valence-corrected chi connectivity index (χ2v) is 3.87. The summed E-state index contributed by atoms with van der Waals surface area (Å²) in [5.41, 5.74) is -1.62. The van der Waals surface area contributed by atoms with Crippen LogP contribution in [-0.4, -0.2) is 65.5 Å². The molecule has 1 atom stereocenters. The summed E-state index contributed by atoms with van der Waals surface area (Å²) in [6.07, 6.45) is -1.11. The zero-order valence-electron chi connectivity index (χ0n) is 11.4. The van der Waals surface area contributed by atoms with E-state index in [9.17, 15) is 14.8 Å². The van der Waals surface area contributed by atoms with E-state index in [1.54, 1.807) is 0 Å². The van der Waals surface area contributed by atoms with Crippen LogP contribution < -0.4 is 0 Å². The molecule has 1 heterocycles. The van der Waals surface area contributed by atoms with Gasteiger partial charge in [-0.1, -0.05) is 5.16 Å². The topological polar surface area (TPSA) is 104 Å². The van der Waals surface area contributed by atoms with Gasteiger partial charge in [0.1, 0.15) is 7.11 Å². The molecule has 0 aromatic carbocycles. The van der Waals surface area contributed by atoms with Gasteiger partial charge in [0.15, 0.2) is 0 Å². The fourth-order valence-electron chi connectivity index (χ4n) is 1.97. The first kappa shape index (κ1) is 14.9. The Bertz CT molecular complexity index is 461. The van der Waals surface area contributed by atoms with E-state index in [1.165, 1.54) is 28.0 Å². The number of oxime groups is 1. The molecule has 9 nitrogen and oxygen atoms in total. The Morgan fingerprint density at radius 3 is 2.47 bits per heavy atom. The van der Waals surface area contributed by atoms with Gasteiger partial charge in [-0.05, 0) is 13.8 Å². The molecule has 0 fully saturated rings. The van der Waals surface area contributed by atoms with Crippen LogP contribution in [-0.2, 0) is 14.4 Å².